The Labute approximate surface area is 160 Å². The molecule has 1 atom stereocenters. The first-order valence-corrected chi connectivity index (χ1v) is 9.71. The predicted octanol–water partition coefficient (Wildman–Crippen LogP) is 3.19. The number of amides is 1. The van der Waals surface area contributed by atoms with E-state index in [2.05, 4.69) is 20.7 Å². The summed E-state index contributed by atoms with van der Waals surface area (Å²) in [5.41, 5.74) is 4.20. The maximum atomic E-state index is 12.9. The number of carbonyl (C=O) groups excluding carboxylic acids is 1. The van der Waals surface area contributed by atoms with E-state index in [1.165, 1.54) is 11.3 Å². The first-order chi connectivity index (χ1) is 13.1. The Balaban J connectivity index is 1.52. The van der Waals surface area contributed by atoms with Gasteiger partial charge in [0.1, 0.15) is 17.1 Å². The van der Waals surface area contributed by atoms with Crippen molar-refractivity contribution in [3.8, 4) is 0 Å². The molecular weight excluding hydrogens is 364 g/mol. The molecule has 27 heavy (non-hydrogen) atoms. The molecule has 0 saturated carbocycles. The molecule has 0 unspecified atom stereocenters. The molecule has 0 aromatic carbocycles. The minimum Gasteiger partial charge on any atom is -0.361 e. The molecule has 1 fully saturated rings. The number of carbonyl (C=O) groups is 1. The van der Waals surface area contributed by atoms with Gasteiger partial charge in [0.15, 0.2) is 0 Å². The predicted molar refractivity (Wildman–Crippen MR) is 101 cm³/mol. The fourth-order valence-electron chi connectivity index (χ4n) is 3.42. The van der Waals surface area contributed by atoms with E-state index in [4.69, 9.17) is 9.51 Å². The second-order valence-corrected chi connectivity index (χ2v) is 7.37. The molecule has 8 nitrogen and oxygen atoms in total. The second kappa shape index (κ2) is 7.43. The molecule has 4 rings (SSSR count). The molecule has 0 radical (unpaired) electrons. The molecule has 4 heterocycles. The van der Waals surface area contributed by atoms with Crippen LogP contribution in [-0.2, 0) is 11.2 Å². The van der Waals surface area contributed by atoms with E-state index in [9.17, 15) is 4.79 Å². The number of hydrogen-bond donors (Lipinski definition) is 1. The van der Waals surface area contributed by atoms with Gasteiger partial charge in [0, 0.05) is 12.1 Å². The molecular formula is C18H20N6O2S. The normalized spacial score (nSPS) is 16.7. The highest BCUT2D eigenvalue weighted by atomic mass is 32.1. The van der Waals surface area contributed by atoms with Gasteiger partial charge in [0.25, 0.3) is 0 Å². The minimum atomic E-state index is -0.0193. The molecule has 1 N–H and O–H groups in total. The van der Waals surface area contributed by atoms with Crippen LogP contribution in [0.5, 0.6) is 0 Å². The van der Waals surface area contributed by atoms with Crippen molar-refractivity contribution in [1.82, 2.24) is 25.2 Å². The molecule has 1 aliphatic heterocycles. The van der Waals surface area contributed by atoms with E-state index in [0.717, 1.165) is 36.3 Å². The quantitative estimate of drug-likeness (QED) is 0.721. The van der Waals surface area contributed by atoms with Gasteiger partial charge in [-0.25, -0.2) is 4.98 Å². The molecule has 1 saturated heterocycles. The van der Waals surface area contributed by atoms with Crippen molar-refractivity contribution in [2.45, 2.75) is 39.2 Å². The van der Waals surface area contributed by atoms with Crippen LogP contribution in [0.3, 0.4) is 0 Å². The van der Waals surface area contributed by atoms with Gasteiger partial charge in [-0.1, -0.05) is 22.6 Å². The lowest BCUT2D eigenvalue weighted by atomic mass is 10.1. The van der Waals surface area contributed by atoms with E-state index in [1.807, 2.05) is 36.9 Å². The second-order valence-electron chi connectivity index (χ2n) is 6.54. The van der Waals surface area contributed by atoms with Crippen LogP contribution in [0.4, 0.5) is 10.9 Å². The molecule has 0 aliphatic carbocycles. The fourth-order valence-corrected chi connectivity index (χ4v) is 3.88. The van der Waals surface area contributed by atoms with Crippen molar-refractivity contribution in [3.63, 3.8) is 0 Å². The van der Waals surface area contributed by atoms with Gasteiger partial charge in [-0.3, -0.25) is 4.79 Å². The Morgan fingerprint density at radius 1 is 1.41 bits per heavy atom. The molecule has 1 amide bonds. The molecule has 9 heteroatoms. The number of nitrogens with one attached hydrogen (secondary N) is 1. The summed E-state index contributed by atoms with van der Waals surface area (Å²) in [7, 11) is 0. The van der Waals surface area contributed by atoms with Crippen LogP contribution in [0.2, 0.25) is 0 Å². The third-order valence-corrected chi connectivity index (χ3v) is 5.40. The number of aromatic nitrogens is 4. The Bertz CT molecular complexity index is 920. The highest BCUT2D eigenvalue weighted by Crippen LogP contribution is 2.32. The zero-order chi connectivity index (χ0) is 18.8. The summed E-state index contributed by atoms with van der Waals surface area (Å²) in [5, 5.41) is 15.6. The lowest BCUT2D eigenvalue weighted by molar-refractivity contribution is -0.131. The first kappa shape index (κ1) is 17.6. The van der Waals surface area contributed by atoms with Crippen LogP contribution in [0.1, 0.15) is 41.6 Å². The van der Waals surface area contributed by atoms with Gasteiger partial charge in [-0.15, -0.1) is 10.2 Å². The SMILES string of the molecule is Cc1noc(C)c1CC(=O)N1CCC[C@@H]1c1cccc(Nc2nncs2)n1. The van der Waals surface area contributed by atoms with Crippen molar-refractivity contribution in [2.75, 3.05) is 11.9 Å². The lowest BCUT2D eigenvalue weighted by Crippen LogP contribution is -2.32. The van der Waals surface area contributed by atoms with Gasteiger partial charge in [0.05, 0.1) is 23.9 Å². The van der Waals surface area contributed by atoms with Gasteiger partial charge in [0.2, 0.25) is 11.0 Å². The lowest BCUT2D eigenvalue weighted by Gasteiger charge is -2.24. The average molecular weight is 384 g/mol. The van der Waals surface area contributed by atoms with Crippen molar-refractivity contribution >= 4 is 28.2 Å². The molecule has 3 aromatic heterocycles. The first-order valence-electron chi connectivity index (χ1n) is 8.83. The Hall–Kier alpha value is -2.81. The van der Waals surface area contributed by atoms with Crippen LogP contribution in [0, 0.1) is 13.8 Å². The van der Waals surface area contributed by atoms with E-state index in [0.29, 0.717) is 23.1 Å². The molecule has 0 spiro atoms. The molecule has 140 valence electrons. The number of aryl methyl sites for hydroxylation is 2. The van der Waals surface area contributed by atoms with Crippen molar-refractivity contribution in [1.29, 1.82) is 0 Å². The summed E-state index contributed by atoms with van der Waals surface area (Å²) >= 11 is 1.41. The maximum Gasteiger partial charge on any atom is 0.227 e. The number of rotatable bonds is 5. The minimum absolute atomic E-state index is 0.0193. The Morgan fingerprint density at radius 2 is 2.30 bits per heavy atom. The standard InChI is InChI=1S/C18H20N6O2S/c1-11-13(12(2)26-23-11)9-17(25)24-8-4-6-15(24)14-5-3-7-16(20-14)21-18-22-19-10-27-18/h3,5,7,10,15H,4,6,8-9H2,1-2H3,(H,20,21,22)/t15-/m1/s1. The fraction of sp³-hybridized carbons (Fsp3) is 0.389. The van der Waals surface area contributed by atoms with Gasteiger partial charge in [-0.05, 0) is 38.8 Å². The van der Waals surface area contributed by atoms with Crippen LogP contribution in [0.25, 0.3) is 0 Å². The van der Waals surface area contributed by atoms with Crippen LogP contribution in [-0.4, -0.2) is 37.7 Å². The highest BCUT2D eigenvalue weighted by Gasteiger charge is 2.31. The monoisotopic (exact) mass is 384 g/mol. The zero-order valence-corrected chi connectivity index (χ0v) is 16.0. The van der Waals surface area contributed by atoms with Gasteiger partial charge in [-0.2, -0.15) is 0 Å². The summed E-state index contributed by atoms with van der Waals surface area (Å²) in [6, 6.07) is 5.78. The van der Waals surface area contributed by atoms with Crippen LogP contribution < -0.4 is 5.32 Å². The number of pyridine rings is 1. The zero-order valence-electron chi connectivity index (χ0n) is 15.2. The number of likely N-dealkylation sites (tertiary alicyclic amines) is 1. The van der Waals surface area contributed by atoms with E-state index in [-0.39, 0.29) is 11.9 Å². The number of anilines is 2. The third-order valence-electron chi connectivity index (χ3n) is 4.79. The maximum absolute atomic E-state index is 12.9. The van der Waals surface area contributed by atoms with Crippen molar-refractivity contribution < 1.29 is 9.32 Å². The highest BCUT2D eigenvalue weighted by molar-refractivity contribution is 7.13. The summed E-state index contributed by atoms with van der Waals surface area (Å²) in [4.78, 5) is 19.6. The summed E-state index contributed by atoms with van der Waals surface area (Å²) in [5.74, 6) is 1.49. The number of hydrogen-bond acceptors (Lipinski definition) is 8. The summed E-state index contributed by atoms with van der Waals surface area (Å²) < 4.78 is 5.18. The smallest absolute Gasteiger partial charge is 0.227 e. The van der Waals surface area contributed by atoms with Crippen molar-refractivity contribution in [3.05, 3.63) is 46.4 Å². The Kier molecular flexibility index (Phi) is 4.85. The van der Waals surface area contributed by atoms with Crippen LogP contribution in [0.15, 0.2) is 28.2 Å². The van der Waals surface area contributed by atoms with Gasteiger partial charge < -0.3 is 14.7 Å². The van der Waals surface area contributed by atoms with E-state index < -0.39 is 0 Å². The number of nitrogens with zero attached hydrogens (tertiary/aromatic N) is 5. The third kappa shape index (κ3) is 3.68. The largest absolute Gasteiger partial charge is 0.361 e. The van der Waals surface area contributed by atoms with E-state index >= 15 is 0 Å². The summed E-state index contributed by atoms with van der Waals surface area (Å²) in [6.07, 6.45) is 2.18. The Morgan fingerprint density at radius 3 is 3.04 bits per heavy atom. The summed E-state index contributed by atoms with van der Waals surface area (Å²) in [6.45, 7) is 4.45. The van der Waals surface area contributed by atoms with Gasteiger partial charge >= 0.3 is 0 Å². The topological polar surface area (TPSA) is 97.0 Å². The molecule has 3 aromatic rings. The molecule has 1 aliphatic rings. The van der Waals surface area contributed by atoms with Crippen molar-refractivity contribution in [2.24, 2.45) is 0 Å². The van der Waals surface area contributed by atoms with Crippen LogP contribution >= 0.6 is 11.3 Å². The average Bonchev–Trinajstić information content (AvgIpc) is 3.40. The molecule has 0 bridgehead atoms. The van der Waals surface area contributed by atoms with E-state index in [1.54, 1.807) is 5.51 Å².